The summed E-state index contributed by atoms with van der Waals surface area (Å²) >= 11 is 0. The van der Waals surface area contributed by atoms with Crippen molar-refractivity contribution < 1.29 is 4.42 Å². The molecule has 0 fully saturated rings. The predicted molar refractivity (Wildman–Crippen MR) is 61.6 cm³/mol. The lowest BCUT2D eigenvalue weighted by molar-refractivity contribution is 0.489. The maximum absolute atomic E-state index is 12.1. The summed E-state index contributed by atoms with van der Waals surface area (Å²) < 4.78 is 6.72. The van der Waals surface area contributed by atoms with Gasteiger partial charge in [-0.1, -0.05) is 0 Å². The SMILES string of the molecule is O=c1c2ccncc2ncn1Cc1ccco1. The molecule has 0 amide bonds. The maximum atomic E-state index is 12.1. The summed E-state index contributed by atoms with van der Waals surface area (Å²) in [6.45, 7) is 0.386. The summed E-state index contributed by atoms with van der Waals surface area (Å²) in [5.41, 5.74) is 0.516. The molecule has 0 aliphatic carbocycles. The standard InChI is InChI=1S/C12H9N3O2/c16-12-10-3-4-13-6-11(10)14-8-15(12)7-9-2-1-5-17-9/h1-6,8H,7H2. The second-order valence-corrected chi connectivity index (χ2v) is 3.65. The van der Waals surface area contributed by atoms with E-state index < -0.39 is 0 Å². The fraction of sp³-hybridized carbons (Fsp3) is 0.0833. The van der Waals surface area contributed by atoms with Crippen LogP contribution in [-0.4, -0.2) is 14.5 Å². The number of hydrogen-bond acceptors (Lipinski definition) is 4. The molecular weight excluding hydrogens is 218 g/mol. The summed E-state index contributed by atoms with van der Waals surface area (Å²) in [5.74, 6) is 0.724. The quantitative estimate of drug-likeness (QED) is 0.664. The van der Waals surface area contributed by atoms with E-state index in [0.29, 0.717) is 17.4 Å². The lowest BCUT2D eigenvalue weighted by atomic mass is 10.3. The third kappa shape index (κ3) is 1.71. The van der Waals surface area contributed by atoms with Crippen LogP contribution < -0.4 is 5.56 Å². The van der Waals surface area contributed by atoms with Crippen molar-refractivity contribution in [2.45, 2.75) is 6.54 Å². The third-order valence-corrected chi connectivity index (χ3v) is 2.53. The van der Waals surface area contributed by atoms with Crippen LogP contribution in [0.15, 0.2) is 52.4 Å². The van der Waals surface area contributed by atoms with Crippen molar-refractivity contribution in [1.29, 1.82) is 0 Å². The Morgan fingerprint density at radius 2 is 2.29 bits per heavy atom. The van der Waals surface area contributed by atoms with Crippen LogP contribution >= 0.6 is 0 Å². The molecule has 0 radical (unpaired) electrons. The molecule has 0 unspecified atom stereocenters. The van der Waals surface area contributed by atoms with E-state index in [9.17, 15) is 4.79 Å². The Morgan fingerprint density at radius 1 is 1.35 bits per heavy atom. The molecule has 0 saturated carbocycles. The highest BCUT2D eigenvalue weighted by Gasteiger charge is 2.05. The zero-order chi connectivity index (χ0) is 11.7. The fourth-order valence-electron chi connectivity index (χ4n) is 1.69. The molecule has 3 heterocycles. The molecule has 84 valence electrons. The zero-order valence-corrected chi connectivity index (χ0v) is 8.91. The van der Waals surface area contributed by atoms with Crippen LogP contribution in [0.1, 0.15) is 5.76 Å². The van der Waals surface area contributed by atoms with Crippen LogP contribution in [-0.2, 0) is 6.54 Å². The van der Waals surface area contributed by atoms with E-state index in [1.54, 1.807) is 30.8 Å². The van der Waals surface area contributed by atoms with Crippen molar-refractivity contribution in [2.75, 3.05) is 0 Å². The van der Waals surface area contributed by atoms with Crippen LogP contribution in [0.4, 0.5) is 0 Å². The molecular formula is C12H9N3O2. The molecule has 0 aliphatic rings. The minimum absolute atomic E-state index is 0.0891. The van der Waals surface area contributed by atoms with Gasteiger partial charge >= 0.3 is 0 Å². The molecule has 3 rings (SSSR count). The normalized spacial score (nSPS) is 10.8. The Kier molecular flexibility index (Phi) is 2.22. The van der Waals surface area contributed by atoms with E-state index in [2.05, 4.69) is 9.97 Å². The van der Waals surface area contributed by atoms with E-state index in [0.717, 1.165) is 5.76 Å². The number of nitrogens with zero attached hydrogens (tertiary/aromatic N) is 3. The molecule has 0 saturated heterocycles. The van der Waals surface area contributed by atoms with Gasteiger partial charge in [0.05, 0.1) is 36.2 Å². The Hall–Kier alpha value is -2.43. The van der Waals surface area contributed by atoms with Crippen LogP contribution in [0.3, 0.4) is 0 Å². The molecule has 5 nitrogen and oxygen atoms in total. The molecule has 3 aromatic heterocycles. The van der Waals surface area contributed by atoms with E-state index in [-0.39, 0.29) is 5.56 Å². The second-order valence-electron chi connectivity index (χ2n) is 3.65. The third-order valence-electron chi connectivity index (χ3n) is 2.53. The Labute approximate surface area is 96.4 Å². The first-order chi connectivity index (χ1) is 8.34. The van der Waals surface area contributed by atoms with Gasteiger partial charge in [-0.15, -0.1) is 0 Å². The molecule has 0 aromatic carbocycles. The van der Waals surface area contributed by atoms with Crippen molar-refractivity contribution >= 4 is 10.9 Å². The van der Waals surface area contributed by atoms with Crippen LogP contribution in [0, 0.1) is 0 Å². The van der Waals surface area contributed by atoms with E-state index in [4.69, 9.17) is 4.42 Å². The topological polar surface area (TPSA) is 60.9 Å². The van der Waals surface area contributed by atoms with Crippen molar-refractivity contribution in [3.8, 4) is 0 Å². The first kappa shape index (κ1) is 9.77. The number of fused-ring (bicyclic) bond motifs is 1. The molecule has 0 N–H and O–H groups in total. The average Bonchev–Trinajstić information content (AvgIpc) is 2.86. The highest BCUT2D eigenvalue weighted by atomic mass is 16.3. The van der Waals surface area contributed by atoms with Crippen molar-refractivity contribution in [2.24, 2.45) is 0 Å². The van der Waals surface area contributed by atoms with Gasteiger partial charge in [0.25, 0.3) is 5.56 Å². The summed E-state index contributed by atoms with van der Waals surface area (Å²) in [6, 6.07) is 5.28. The van der Waals surface area contributed by atoms with Crippen LogP contribution in [0.25, 0.3) is 10.9 Å². The minimum Gasteiger partial charge on any atom is -0.467 e. The van der Waals surface area contributed by atoms with Gasteiger partial charge in [0, 0.05) is 6.20 Å². The monoisotopic (exact) mass is 227 g/mol. The van der Waals surface area contributed by atoms with Gasteiger partial charge in [0.2, 0.25) is 0 Å². The number of pyridine rings is 1. The summed E-state index contributed by atoms with van der Waals surface area (Å²) in [4.78, 5) is 20.2. The van der Waals surface area contributed by atoms with E-state index in [1.165, 1.54) is 10.9 Å². The molecule has 0 atom stereocenters. The Morgan fingerprint density at radius 3 is 3.12 bits per heavy atom. The summed E-state index contributed by atoms with van der Waals surface area (Å²) in [5, 5.41) is 0.564. The zero-order valence-electron chi connectivity index (χ0n) is 8.91. The average molecular weight is 227 g/mol. The van der Waals surface area contributed by atoms with E-state index >= 15 is 0 Å². The highest BCUT2D eigenvalue weighted by molar-refractivity contribution is 5.75. The van der Waals surface area contributed by atoms with Gasteiger partial charge < -0.3 is 4.42 Å². The molecule has 5 heteroatoms. The Bertz CT molecular complexity index is 701. The second kappa shape index (κ2) is 3.86. The number of rotatable bonds is 2. The van der Waals surface area contributed by atoms with Crippen molar-refractivity contribution in [3.05, 3.63) is 59.3 Å². The Balaban J connectivity index is 2.12. The molecule has 0 bridgehead atoms. The molecule has 3 aromatic rings. The number of furan rings is 1. The smallest absolute Gasteiger partial charge is 0.261 e. The van der Waals surface area contributed by atoms with Gasteiger partial charge in [0.1, 0.15) is 5.76 Å². The van der Waals surface area contributed by atoms with Crippen molar-refractivity contribution in [1.82, 2.24) is 14.5 Å². The van der Waals surface area contributed by atoms with Crippen LogP contribution in [0.5, 0.6) is 0 Å². The van der Waals surface area contributed by atoms with E-state index in [1.807, 2.05) is 6.07 Å². The maximum Gasteiger partial charge on any atom is 0.261 e. The highest BCUT2D eigenvalue weighted by Crippen LogP contribution is 2.05. The largest absolute Gasteiger partial charge is 0.467 e. The van der Waals surface area contributed by atoms with Gasteiger partial charge in [-0.25, -0.2) is 4.98 Å². The summed E-state index contributed by atoms with van der Waals surface area (Å²) in [7, 11) is 0. The lowest BCUT2D eigenvalue weighted by Crippen LogP contribution is -2.20. The van der Waals surface area contributed by atoms with Crippen LogP contribution in [0.2, 0.25) is 0 Å². The van der Waals surface area contributed by atoms with Gasteiger partial charge in [0.15, 0.2) is 0 Å². The summed E-state index contributed by atoms with van der Waals surface area (Å²) in [6.07, 6.45) is 6.25. The van der Waals surface area contributed by atoms with Gasteiger partial charge in [-0.3, -0.25) is 14.3 Å². The lowest BCUT2D eigenvalue weighted by Gasteiger charge is -2.03. The number of hydrogen-bond donors (Lipinski definition) is 0. The first-order valence-electron chi connectivity index (χ1n) is 5.16. The molecule has 17 heavy (non-hydrogen) atoms. The predicted octanol–water partition coefficient (Wildman–Crippen LogP) is 1.43. The number of aromatic nitrogens is 3. The fourth-order valence-corrected chi connectivity index (χ4v) is 1.69. The molecule has 0 spiro atoms. The minimum atomic E-state index is -0.0891. The van der Waals surface area contributed by atoms with Crippen molar-refractivity contribution in [3.63, 3.8) is 0 Å². The van der Waals surface area contributed by atoms with Gasteiger partial charge in [-0.05, 0) is 18.2 Å². The van der Waals surface area contributed by atoms with Gasteiger partial charge in [-0.2, -0.15) is 0 Å². The first-order valence-corrected chi connectivity index (χ1v) is 5.16. The molecule has 0 aliphatic heterocycles.